The van der Waals surface area contributed by atoms with Gasteiger partial charge in [0.25, 0.3) is 0 Å². The minimum absolute atomic E-state index is 0.425. The maximum absolute atomic E-state index is 11.7. The Morgan fingerprint density at radius 1 is 1.50 bits per heavy atom. The number of aliphatic hydroxyl groups is 1. The fourth-order valence-electron chi connectivity index (χ4n) is 1.28. The number of halogens is 2. The summed E-state index contributed by atoms with van der Waals surface area (Å²) < 4.78 is 2.84. The number of aliphatic hydroxyl groups excluding tert-OH is 1. The second-order valence-electron chi connectivity index (χ2n) is 3.00. The summed E-state index contributed by atoms with van der Waals surface area (Å²) in [7, 11) is 0. The van der Waals surface area contributed by atoms with Crippen molar-refractivity contribution in [2.75, 3.05) is 0 Å². The van der Waals surface area contributed by atoms with Crippen molar-refractivity contribution in [3.8, 4) is 5.69 Å². The predicted octanol–water partition coefficient (Wildman–Crippen LogP) is 1.40. The lowest BCUT2D eigenvalue weighted by atomic mass is 10.3. The molecule has 0 bridgehead atoms. The van der Waals surface area contributed by atoms with Crippen molar-refractivity contribution in [3.63, 3.8) is 0 Å². The molecule has 0 unspecified atom stereocenters. The molecule has 0 spiro atoms. The van der Waals surface area contributed by atoms with E-state index in [-0.39, 0.29) is 0 Å². The summed E-state index contributed by atoms with van der Waals surface area (Å²) in [5, 5.41) is 13.1. The highest BCUT2D eigenvalue weighted by Crippen LogP contribution is 2.27. The normalized spacial score (nSPS) is 10.7. The molecule has 2 rings (SSSR count). The van der Waals surface area contributed by atoms with E-state index in [0.29, 0.717) is 15.2 Å². The van der Waals surface area contributed by atoms with E-state index in [2.05, 4.69) is 21.0 Å². The minimum Gasteiger partial charge on any atom is -0.374 e. The monoisotopic (exact) mass is 303 g/mol. The first-order valence-corrected chi connectivity index (χ1v) is 5.52. The van der Waals surface area contributed by atoms with Gasteiger partial charge in [0.1, 0.15) is 13.1 Å². The van der Waals surface area contributed by atoms with Gasteiger partial charge in [-0.2, -0.15) is 9.78 Å². The summed E-state index contributed by atoms with van der Waals surface area (Å²) in [6.45, 7) is -0.454. The quantitative estimate of drug-likeness (QED) is 0.912. The highest BCUT2D eigenvalue weighted by Gasteiger charge is 2.10. The van der Waals surface area contributed by atoms with Crippen LogP contribution in [-0.2, 0) is 6.73 Å². The van der Waals surface area contributed by atoms with Crippen LogP contribution in [0.3, 0.4) is 0 Å². The Balaban J connectivity index is 2.64. The summed E-state index contributed by atoms with van der Waals surface area (Å²) in [4.78, 5) is 11.7. The Bertz CT molecular complexity index is 578. The van der Waals surface area contributed by atoms with Gasteiger partial charge < -0.3 is 5.11 Å². The zero-order valence-electron chi connectivity index (χ0n) is 7.97. The molecule has 0 aliphatic heterocycles. The number of hydrogen-bond donors (Lipinski definition) is 1. The summed E-state index contributed by atoms with van der Waals surface area (Å²) in [6.07, 6.45) is 1.33. The van der Waals surface area contributed by atoms with Crippen molar-refractivity contribution in [2.24, 2.45) is 0 Å². The van der Waals surface area contributed by atoms with Gasteiger partial charge in [0, 0.05) is 0 Å². The topological polar surface area (TPSA) is 60.0 Å². The summed E-state index contributed by atoms with van der Waals surface area (Å²) in [5.74, 6) is 0. The first-order chi connectivity index (χ1) is 7.65. The van der Waals surface area contributed by atoms with Crippen molar-refractivity contribution >= 4 is 27.5 Å². The molecule has 1 N–H and O–H groups in total. The highest BCUT2D eigenvalue weighted by molar-refractivity contribution is 9.10. The van der Waals surface area contributed by atoms with Crippen molar-refractivity contribution in [1.82, 2.24) is 14.3 Å². The van der Waals surface area contributed by atoms with E-state index in [1.54, 1.807) is 18.2 Å². The van der Waals surface area contributed by atoms with Crippen LogP contribution in [-0.4, -0.2) is 19.5 Å². The Hall–Kier alpha value is -1.11. The third kappa shape index (κ3) is 1.79. The van der Waals surface area contributed by atoms with Crippen LogP contribution in [0.1, 0.15) is 0 Å². The van der Waals surface area contributed by atoms with E-state index in [4.69, 9.17) is 16.7 Å². The van der Waals surface area contributed by atoms with Crippen LogP contribution in [0.25, 0.3) is 5.69 Å². The molecule has 84 valence electrons. The Kier molecular flexibility index (Phi) is 3.13. The van der Waals surface area contributed by atoms with E-state index >= 15 is 0 Å². The summed E-state index contributed by atoms with van der Waals surface area (Å²) in [5.41, 5.74) is 0.155. The molecule has 0 radical (unpaired) electrons. The molecule has 7 heteroatoms. The molecule has 0 atom stereocenters. The molecule has 5 nitrogen and oxygen atoms in total. The van der Waals surface area contributed by atoms with E-state index in [9.17, 15) is 4.79 Å². The fraction of sp³-hybridized carbons (Fsp3) is 0.111. The van der Waals surface area contributed by atoms with E-state index in [1.807, 2.05) is 0 Å². The lowest BCUT2D eigenvalue weighted by molar-refractivity contribution is 0.190. The lowest BCUT2D eigenvalue weighted by Gasteiger charge is -2.04. The van der Waals surface area contributed by atoms with E-state index in [1.165, 1.54) is 10.9 Å². The number of benzene rings is 1. The number of rotatable bonds is 2. The summed E-state index contributed by atoms with van der Waals surface area (Å²) >= 11 is 9.21. The third-order valence-corrected chi connectivity index (χ3v) is 3.43. The van der Waals surface area contributed by atoms with E-state index in [0.717, 1.165) is 4.68 Å². The maximum Gasteiger partial charge on any atom is 0.352 e. The first-order valence-electron chi connectivity index (χ1n) is 4.35. The van der Waals surface area contributed by atoms with Crippen LogP contribution in [0.2, 0.25) is 5.02 Å². The van der Waals surface area contributed by atoms with Crippen molar-refractivity contribution < 1.29 is 5.11 Å². The van der Waals surface area contributed by atoms with Gasteiger partial charge >= 0.3 is 5.69 Å². The molecule has 0 saturated carbocycles. The van der Waals surface area contributed by atoms with Crippen LogP contribution in [0.4, 0.5) is 0 Å². The highest BCUT2D eigenvalue weighted by atomic mass is 79.9. The van der Waals surface area contributed by atoms with Crippen LogP contribution in [0.15, 0.2) is 33.8 Å². The van der Waals surface area contributed by atoms with Crippen LogP contribution >= 0.6 is 27.5 Å². The number of nitrogens with zero attached hydrogens (tertiary/aromatic N) is 3. The molecule has 0 amide bonds. The van der Waals surface area contributed by atoms with Crippen LogP contribution in [0, 0.1) is 0 Å². The smallest absolute Gasteiger partial charge is 0.352 e. The zero-order valence-corrected chi connectivity index (χ0v) is 10.3. The second kappa shape index (κ2) is 4.40. The molecule has 0 fully saturated rings. The van der Waals surface area contributed by atoms with Crippen molar-refractivity contribution in [1.29, 1.82) is 0 Å². The molecule has 2 aromatic rings. The Morgan fingerprint density at radius 2 is 2.25 bits per heavy atom. The molecule has 16 heavy (non-hydrogen) atoms. The Morgan fingerprint density at radius 3 is 2.88 bits per heavy atom. The minimum atomic E-state index is -0.454. The second-order valence-corrected chi connectivity index (χ2v) is 4.20. The van der Waals surface area contributed by atoms with Gasteiger partial charge in [-0.05, 0) is 28.1 Å². The predicted molar refractivity (Wildman–Crippen MR) is 62.8 cm³/mol. The van der Waals surface area contributed by atoms with Crippen molar-refractivity contribution in [3.05, 3.63) is 44.5 Å². The zero-order chi connectivity index (χ0) is 11.7. The molecular weight excluding hydrogens is 297 g/mol. The van der Waals surface area contributed by atoms with Gasteiger partial charge in [0.2, 0.25) is 0 Å². The average Bonchev–Trinajstić information content (AvgIpc) is 2.64. The number of hydrogen-bond acceptors (Lipinski definition) is 3. The average molecular weight is 305 g/mol. The molecule has 1 heterocycles. The standard InChI is InChI=1S/C9H7BrClN3O2/c10-8-6(11)2-1-3-7(8)13-4-12-14(5-15)9(13)16/h1-4,15H,5H2. The van der Waals surface area contributed by atoms with Gasteiger partial charge in [-0.1, -0.05) is 17.7 Å². The van der Waals surface area contributed by atoms with Gasteiger partial charge in [0.15, 0.2) is 0 Å². The van der Waals surface area contributed by atoms with Gasteiger partial charge in [-0.3, -0.25) is 0 Å². The lowest BCUT2D eigenvalue weighted by Crippen LogP contribution is -2.24. The summed E-state index contributed by atoms with van der Waals surface area (Å²) in [6, 6.07) is 5.16. The van der Waals surface area contributed by atoms with Crippen LogP contribution in [0.5, 0.6) is 0 Å². The fourth-order valence-corrected chi connectivity index (χ4v) is 1.90. The SMILES string of the molecule is O=c1n(-c2cccc(Cl)c2Br)cnn1CO. The molecular formula is C9H7BrClN3O2. The third-order valence-electron chi connectivity index (χ3n) is 2.06. The molecule has 1 aromatic carbocycles. The first kappa shape index (κ1) is 11.4. The van der Waals surface area contributed by atoms with Gasteiger partial charge in [0.05, 0.1) is 15.2 Å². The maximum atomic E-state index is 11.7. The Labute approximate surface area is 104 Å². The van der Waals surface area contributed by atoms with E-state index < -0.39 is 12.4 Å². The molecule has 0 aliphatic rings. The largest absolute Gasteiger partial charge is 0.374 e. The molecule has 0 aliphatic carbocycles. The number of aromatic nitrogens is 3. The van der Waals surface area contributed by atoms with Gasteiger partial charge in [-0.25, -0.2) is 9.36 Å². The molecule has 0 saturated heterocycles. The molecule has 1 aromatic heterocycles. The van der Waals surface area contributed by atoms with Crippen LogP contribution < -0.4 is 5.69 Å². The van der Waals surface area contributed by atoms with Gasteiger partial charge in [-0.15, -0.1) is 0 Å². The van der Waals surface area contributed by atoms with Crippen molar-refractivity contribution in [2.45, 2.75) is 6.73 Å².